The number of piperazine rings is 1. The van der Waals surface area contributed by atoms with Crippen LogP contribution in [-0.4, -0.2) is 47.0 Å². The molecule has 1 aliphatic rings. The van der Waals surface area contributed by atoms with Gasteiger partial charge in [-0.1, -0.05) is 59.8 Å². The van der Waals surface area contributed by atoms with Crippen molar-refractivity contribution in [3.8, 4) is 0 Å². The maximum atomic E-state index is 13.0. The van der Waals surface area contributed by atoms with Crippen LogP contribution in [-0.2, 0) is 11.2 Å². The number of rotatable bonds is 6. The zero-order valence-electron chi connectivity index (χ0n) is 19.7. The van der Waals surface area contributed by atoms with Gasteiger partial charge in [0.15, 0.2) is 5.16 Å². The van der Waals surface area contributed by atoms with E-state index in [1.807, 2.05) is 41.3 Å². The molecule has 178 valence electrons. The Morgan fingerprint density at radius 3 is 2.50 bits per heavy atom. The summed E-state index contributed by atoms with van der Waals surface area (Å²) in [5, 5.41) is 1.43. The number of carbonyl (C=O) groups excluding carboxylic acids is 1. The van der Waals surface area contributed by atoms with Crippen LogP contribution >= 0.6 is 23.4 Å². The second-order valence-electron chi connectivity index (χ2n) is 8.58. The van der Waals surface area contributed by atoms with Gasteiger partial charge in [-0.05, 0) is 44.0 Å². The number of H-pyrrole nitrogens is 1. The van der Waals surface area contributed by atoms with Crippen LogP contribution in [0.3, 0.4) is 0 Å². The Labute approximate surface area is 209 Å². The fourth-order valence-corrected chi connectivity index (χ4v) is 5.33. The minimum atomic E-state index is -0.239. The highest BCUT2D eigenvalue weighted by atomic mass is 35.5. The van der Waals surface area contributed by atoms with Crippen LogP contribution in [0, 0.1) is 13.8 Å². The summed E-state index contributed by atoms with van der Waals surface area (Å²) in [7, 11) is 0. The minimum Gasteiger partial charge on any atom is -0.368 e. The van der Waals surface area contributed by atoms with Crippen LogP contribution in [0.5, 0.6) is 0 Å². The van der Waals surface area contributed by atoms with E-state index < -0.39 is 0 Å². The zero-order valence-corrected chi connectivity index (χ0v) is 21.2. The predicted octanol–water partition coefficient (Wildman–Crippen LogP) is 4.78. The van der Waals surface area contributed by atoms with Gasteiger partial charge in [0.1, 0.15) is 0 Å². The van der Waals surface area contributed by atoms with Gasteiger partial charge < -0.3 is 14.8 Å². The van der Waals surface area contributed by atoms with Gasteiger partial charge in [0, 0.05) is 53.4 Å². The second kappa shape index (κ2) is 10.7. The number of thioether (sulfide) groups is 1. The first-order chi connectivity index (χ1) is 16.3. The topological polar surface area (TPSA) is 69.3 Å². The summed E-state index contributed by atoms with van der Waals surface area (Å²) in [4.78, 5) is 37.3. The zero-order chi connectivity index (χ0) is 24.2. The maximum Gasteiger partial charge on any atom is 0.255 e. The van der Waals surface area contributed by atoms with Crippen molar-refractivity contribution in [2.75, 3.05) is 31.1 Å². The van der Waals surface area contributed by atoms with E-state index in [1.54, 1.807) is 6.92 Å². The van der Waals surface area contributed by atoms with Crippen LogP contribution in [0.1, 0.15) is 34.6 Å². The average Bonchev–Trinajstić information content (AvgIpc) is 2.83. The summed E-state index contributed by atoms with van der Waals surface area (Å²) in [6.45, 7) is 8.62. The maximum absolute atomic E-state index is 13.0. The van der Waals surface area contributed by atoms with E-state index in [1.165, 1.54) is 17.3 Å². The van der Waals surface area contributed by atoms with E-state index in [0.29, 0.717) is 34.5 Å². The lowest BCUT2D eigenvalue weighted by atomic mass is 10.1. The molecule has 0 saturated carbocycles. The molecule has 3 aromatic rings. The molecule has 1 aromatic heterocycles. The molecule has 8 heteroatoms. The molecule has 4 rings (SSSR count). The highest BCUT2D eigenvalue weighted by Crippen LogP contribution is 2.32. The van der Waals surface area contributed by atoms with E-state index >= 15 is 0 Å². The third-order valence-corrected chi connectivity index (χ3v) is 7.51. The van der Waals surface area contributed by atoms with E-state index in [4.69, 9.17) is 11.6 Å². The van der Waals surface area contributed by atoms with Gasteiger partial charge in [-0.3, -0.25) is 9.59 Å². The molecule has 0 radical (unpaired) electrons. The summed E-state index contributed by atoms with van der Waals surface area (Å²) in [6, 6.07) is 16.0. The van der Waals surface area contributed by atoms with E-state index in [-0.39, 0.29) is 23.1 Å². The van der Waals surface area contributed by atoms with E-state index in [0.717, 1.165) is 24.3 Å². The Bertz CT molecular complexity index is 1220. The highest BCUT2D eigenvalue weighted by Gasteiger charge is 2.24. The lowest BCUT2D eigenvalue weighted by Crippen LogP contribution is -2.49. The highest BCUT2D eigenvalue weighted by molar-refractivity contribution is 7.99. The summed E-state index contributed by atoms with van der Waals surface area (Å²) < 4.78 is 0. The molecule has 1 fully saturated rings. The number of benzene rings is 2. The van der Waals surface area contributed by atoms with Crippen molar-refractivity contribution in [1.29, 1.82) is 0 Å². The monoisotopic (exact) mass is 496 g/mol. The molecule has 2 aromatic carbocycles. The van der Waals surface area contributed by atoms with Crippen molar-refractivity contribution in [1.82, 2.24) is 14.9 Å². The van der Waals surface area contributed by atoms with Gasteiger partial charge in [-0.2, -0.15) is 0 Å². The molecule has 6 nitrogen and oxygen atoms in total. The van der Waals surface area contributed by atoms with Crippen molar-refractivity contribution in [2.24, 2.45) is 0 Å². The number of carbonyl (C=O) groups is 1. The Kier molecular flexibility index (Phi) is 7.63. The Morgan fingerprint density at radius 1 is 1.12 bits per heavy atom. The second-order valence-corrected chi connectivity index (χ2v) is 10.3. The van der Waals surface area contributed by atoms with Gasteiger partial charge in [0.25, 0.3) is 5.56 Å². The van der Waals surface area contributed by atoms with E-state index in [2.05, 4.69) is 40.8 Å². The minimum absolute atomic E-state index is 0.0454. The molecule has 1 aliphatic heterocycles. The number of amides is 1. The van der Waals surface area contributed by atoms with Crippen molar-refractivity contribution < 1.29 is 4.79 Å². The lowest BCUT2D eigenvalue weighted by Gasteiger charge is -2.37. The molecule has 0 bridgehead atoms. The first-order valence-electron chi connectivity index (χ1n) is 11.4. The van der Waals surface area contributed by atoms with Crippen molar-refractivity contribution >= 4 is 35.0 Å². The SMILES string of the molecule is Cc1ccc(Cl)cc1N1CCN(C(=O)Cc2c(C)nc(SC(C)c3ccccc3)[nH]c2=O)CC1. The number of halogens is 1. The molecule has 1 saturated heterocycles. The molecule has 1 amide bonds. The molecule has 1 atom stereocenters. The fraction of sp³-hybridized carbons (Fsp3) is 0.346. The molecule has 1 N–H and O–H groups in total. The van der Waals surface area contributed by atoms with Gasteiger partial charge in [-0.25, -0.2) is 4.98 Å². The molecule has 0 aliphatic carbocycles. The molecule has 2 heterocycles. The fourth-order valence-electron chi connectivity index (χ4n) is 4.19. The Balaban J connectivity index is 1.38. The number of aromatic nitrogens is 2. The molecular weight excluding hydrogens is 468 g/mol. The Hall–Kier alpha value is -2.77. The summed E-state index contributed by atoms with van der Waals surface area (Å²) in [6.07, 6.45) is 0.0591. The number of aryl methyl sites for hydroxylation is 2. The first-order valence-corrected chi connectivity index (χ1v) is 12.7. The normalized spacial score (nSPS) is 14.8. The standard InChI is InChI=1S/C26H29ClN4O2S/c1-17-9-10-21(27)15-23(17)30-11-13-31(14-12-30)24(32)16-22-18(2)28-26(29-25(22)33)34-19(3)20-7-5-4-6-8-20/h4-10,15,19H,11-14,16H2,1-3H3,(H,28,29,33). The van der Waals surface area contributed by atoms with Crippen LogP contribution in [0.15, 0.2) is 58.5 Å². The summed E-state index contributed by atoms with van der Waals surface area (Å²) >= 11 is 7.68. The van der Waals surface area contributed by atoms with Crippen molar-refractivity contribution in [2.45, 2.75) is 37.6 Å². The average molecular weight is 497 g/mol. The van der Waals surface area contributed by atoms with Crippen LogP contribution in [0.25, 0.3) is 0 Å². The number of hydrogen-bond acceptors (Lipinski definition) is 5. The molecule has 1 unspecified atom stereocenters. The summed E-state index contributed by atoms with van der Waals surface area (Å²) in [5.74, 6) is -0.0454. The van der Waals surface area contributed by atoms with Crippen molar-refractivity contribution in [3.05, 3.63) is 86.3 Å². The van der Waals surface area contributed by atoms with Crippen molar-refractivity contribution in [3.63, 3.8) is 0 Å². The number of aromatic amines is 1. The quantitative estimate of drug-likeness (QED) is 0.392. The third kappa shape index (κ3) is 5.65. The molecule has 34 heavy (non-hydrogen) atoms. The number of hydrogen-bond donors (Lipinski definition) is 1. The van der Waals surface area contributed by atoms with E-state index in [9.17, 15) is 9.59 Å². The summed E-state index contributed by atoms with van der Waals surface area (Å²) in [5.41, 5.74) is 4.24. The Morgan fingerprint density at radius 2 is 1.82 bits per heavy atom. The van der Waals surface area contributed by atoms with Gasteiger partial charge >= 0.3 is 0 Å². The first kappa shape index (κ1) is 24.4. The van der Waals surface area contributed by atoms with Gasteiger partial charge in [0.2, 0.25) is 5.91 Å². The lowest BCUT2D eigenvalue weighted by molar-refractivity contribution is -0.130. The van der Waals surface area contributed by atoms with Gasteiger partial charge in [-0.15, -0.1) is 0 Å². The molecule has 0 spiro atoms. The largest absolute Gasteiger partial charge is 0.368 e. The number of nitrogens with zero attached hydrogens (tertiary/aromatic N) is 3. The number of nitrogens with one attached hydrogen (secondary N) is 1. The van der Waals surface area contributed by atoms with Crippen LogP contribution in [0.2, 0.25) is 5.02 Å². The smallest absolute Gasteiger partial charge is 0.255 e. The van der Waals surface area contributed by atoms with Crippen LogP contribution in [0.4, 0.5) is 5.69 Å². The third-order valence-electron chi connectivity index (χ3n) is 6.23. The predicted molar refractivity (Wildman–Crippen MR) is 139 cm³/mol. The number of anilines is 1. The molecular formula is C26H29ClN4O2S. The van der Waals surface area contributed by atoms with Gasteiger partial charge in [0.05, 0.1) is 6.42 Å². The van der Waals surface area contributed by atoms with Crippen LogP contribution < -0.4 is 10.5 Å².